The van der Waals surface area contributed by atoms with Crippen LogP contribution in [0.2, 0.25) is 0 Å². The van der Waals surface area contributed by atoms with Crippen molar-refractivity contribution in [3.63, 3.8) is 0 Å². The van der Waals surface area contributed by atoms with Gasteiger partial charge in [-0.15, -0.1) is 0 Å². The Morgan fingerprint density at radius 1 is 1.33 bits per heavy atom. The average molecular weight is 326 g/mol. The van der Waals surface area contributed by atoms with Crippen LogP contribution in [0.15, 0.2) is 42.5 Å². The van der Waals surface area contributed by atoms with Crippen molar-refractivity contribution in [3.05, 3.63) is 65.0 Å². The van der Waals surface area contributed by atoms with E-state index < -0.39 is 6.10 Å². The molecular formula is C19H19FN2O2. The molecule has 0 unspecified atom stereocenters. The number of likely N-dealkylation sites (tertiary alicyclic amines) is 1. The summed E-state index contributed by atoms with van der Waals surface area (Å²) in [5, 5.41) is 19.1. The van der Waals surface area contributed by atoms with E-state index in [1.807, 2.05) is 35.2 Å². The molecule has 0 aliphatic carbocycles. The molecule has 24 heavy (non-hydrogen) atoms. The Kier molecular flexibility index (Phi) is 4.79. The van der Waals surface area contributed by atoms with E-state index in [1.54, 1.807) is 13.2 Å². The number of hydrogen-bond donors (Lipinski definition) is 1. The highest BCUT2D eigenvalue weighted by molar-refractivity contribution is 5.35. The maximum absolute atomic E-state index is 14.1. The molecular weight excluding hydrogens is 307 g/mol. The van der Waals surface area contributed by atoms with Crippen LogP contribution >= 0.6 is 0 Å². The lowest BCUT2D eigenvalue weighted by Crippen LogP contribution is -2.25. The molecule has 1 N–H and O–H groups in total. The second-order valence-corrected chi connectivity index (χ2v) is 6.03. The molecule has 0 saturated carbocycles. The highest BCUT2D eigenvalue weighted by atomic mass is 19.1. The molecule has 1 aliphatic heterocycles. The van der Waals surface area contributed by atoms with Gasteiger partial charge in [0.05, 0.1) is 24.8 Å². The van der Waals surface area contributed by atoms with Crippen molar-refractivity contribution in [2.75, 3.05) is 13.7 Å². The van der Waals surface area contributed by atoms with E-state index in [4.69, 9.17) is 10.00 Å². The molecule has 5 heteroatoms. The van der Waals surface area contributed by atoms with Crippen LogP contribution in [-0.4, -0.2) is 29.8 Å². The van der Waals surface area contributed by atoms with Crippen molar-refractivity contribution in [1.82, 2.24) is 4.90 Å². The highest BCUT2D eigenvalue weighted by Crippen LogP contribution is 2.35. The Bertz CT molecular complexity index is 772. The van der Waals surface area contributed by atoms with Gasteiger partial charge in [-0.2, -0.15) is 5.26 Å². The zero-order chi connectivity index (χ0) is 17.1. The van der Waals surface area contributed by atoms with Gasteiger partial charge in [0.15, 0.2) is 0 Å². The molecule has 0 amide bonds. The Hall–Kier alpha value is -2.42. The standard InChI is InChI=1S/C19H19FN2O2/c1-24-17-4-2-3-14(8-17)19-9-16(23)12-22(19)11-15-7-13(10-21)5-6-18(15)20/h2-8,16,19,23H,9,11-12H2,1H3/t16-,19-/m1/s1. The predicted molar refractivity (Wildman–Crippen MR) is 87.9 cm³/mol. The van der Waals surface area contributed by atoms with Gasteiger partial charge in [-0.05, 0) is 42.3 Å². The van der Waals surface area contributed by atoms with Crippen LogP contribution in [0, 0.1) is 17.1 Å². The van der Waals surface area contributed by atoms with Crippen molar-refractivity contribution in [1.29, 1.82) is 5.26 Å². The molecule has 1 fully saturated rings. The molecule has 0 spiro atoms. The Labute approximate surface area is 140 Å². The summed E-state index contributed by atoms with van der Waals surface area (Å²) >= 11 is 0. The Morgan fingerprint density at radius 3 is 2.92 bits per heavy atom. The molecule has 0 radical (unpaired) electrons. The number of nitriles is 1. The van der Waals surface area contributed by atoms with Crippen molar-refractivity contribution in [3.8, 4) is 11.8 Å². The third-order valence-electron chi connectivity index (χ3n) is 4.41. The summed E-state index contributed by atoms with van der Waals surface area (Å²) in [6.07, 6.45) is 0.135. The first-order chi connectivity index (χ1) is 11.6. The number of rotatable bonds is 4. The monoisotopic (exact) mass is 326 g/mol. The fourth-order valence-corrected chi connectivity index (χ4v) is 3.23. The zero-order valence-corrected chi connectivity index (χ0v) is 13.4. The molecule has 1 aliphatic rings. The number of aliphatic hydroxyl groups excluding tert-OH is 1. The Balaban J connectivity index is 1.87. The minimum atomic E-state index is -0.455. The minimum absolute atomic E-state index is 0.0137. The number of ether oxygens (including phenoxy) is 1. The molecule has 0 bridgehead atoms. The maximum atomic E-state index is 14.1. The van der Waals surface area contributed by atoms with Crippen molar-refractivity contribution in [2.24, 2.45) is 0 Å². The van der Waals surface area contributed by atoms with Crippen molar-refractivity contribution >= 4 is 0 Å². The second kappa shape index (κ2) is 7.00. The van der Waals surface area contributed by atoms with Crippen LogP contribution < -0.4 is 4.74 Å². The van der Waals surface area contributed by atoms with Gasteiger partial charge < -0.3 is 9.84 Å². The molecule has 1 saturated heterocycles. The lowest BCUT2D eigenvalue weighted by atomic mass is 10.0. The van der Waals surface area contributed by atoms with Gasteiger partial charge in [0.1, 0.15) is 11.6 Å². The summed E-state index contributed by atoms with van der Waals surface area (Å²) in [6.45, 7) is 0.818. The normalized spacial score (nSPS) is 20.8. The third kappa shape index (κ3) is 3.40. The van der Waals surface area contributed by atoms with Crippen molar-refractivity contribution in [2.45, 2.75) is 25.1 Å². The number of hydrogen-bond acceptors (Lipinski definition) is 4. The van der Waals surface area contributed by atoms with Gasteiger partial charge in [-0.3, -0.25) is 4.90 Å². The predicted octanol–water partition coefficient (Wildman–Crippen LogP) is 3.01. The lowest BCUT2D eigenvalue weighted by Gasteiger charge is -2.25. The van der Waals surface area contributed by atoms with Gasteiger partial charge in [-0.1, -0.05) is 12.1 Å². The first-order valence-corrected chi connectivity index (χ1v) is 7.85. The molecule has 1 heterocycles. The topological polar surface area (TPSA) is 56.5 Å². The number of halogens is 1. The van der Waals surface area contributed by atoms with Gasteiger partial charge >= 0.3 is 0 Å². The quantitative estimate of drug-likeness (QED) is 0.938. The van der Waals surface area contributed by atoms with Crippen LogP contribution in [0.25, 0.3) is 0 Å². The number of β-amino-alcohol motifs (C(OH)–C–C–N with tert-alkyl or cyclic N) is 1. The maximum Gasteiger partial charge on any atom is 0.127 e. The molecule has 0 aromatic heterocycles. The molecule has 2 aromatic rings. The van der Waals surface area contributed by atoms with Crippen LogP contribution in [0.5, 0.6) is 5.75 Å². The fourth-order valence-electron chi connectivity index (χ4n) is 3.23. The zero-order valence-electron chi connectivity index (χ0n) is 13.4. The summed E-state index contributed by atoms with van der Waals surface area (Å²) in [7, 11) is 1.61. The van der Waals surface area contributed by atoms with Crippen LogP contribution in [-0.2, 0) is 6.54 Å². The first-order valence-electron chi connectivity index (χ1n) is 7.85. The SMILES string of the molecule is COc1cccc([C@H]2C[C@@H](O)CN2Cc2cc(C#N)ccc2F)c1. The number of aliphatic hydroxyl groups is 1. The van der Waals surface area contributed by atoms with E-state index in [2.05, 4.69) is 0 Å². The third-order valence-corrected chi connectivity index (χ3v) is 4.41. The minimum Gasteiger partial charge on any atom is -0.497 e. The van der Waals surface area contributed by atoms with Crippen molar-refractivity contribution < 1.29 is 14.2 Å². The molecule has 2 aromatic carbocycles. The smallest absolute Gasteiger partial charge is 0.127 e. The van der Waals surface area contributed by atoms with E-state index in [-0.39, 0.29) is 11.9 Å². The summed E-state index contributed by atoms with van der Waals surface area (Å²) in [5.41, 5.74) is 1.93. The van der Waals surface area contributed by atoms with E-state index in [9.17, 15) is 9.50 Å². The van der Waals surface area contributed by atoms with E-state index in [0.717, 1.165) is 11.3 Å². The summed E-state index contributed by atoms with van der Waals surface area (Å²) < 4.78 is 19.4. The number of methoxy groups -OCH3 is 1. The fraction of sp³-hybridized carbons (Fsp3) is 0.316. The van der Waals surface area contributed by atoms with E-state index in [0.29, 0.717) is 30.6 Å². The van der Waals surface area contributed by atoms with Crippen LogP contribution in [0.4, 0.5) is 4.39 Å². The number of benzene rings is 2. The van der Waals surface area contributed by atoms with Crippen LogP contribution in [0.3, 0.4) is 0 Å². The molecule has 124 valence electrons. The van der Waals surface area contributed by atoms with Gasteiger partial charge in [0.25, 0.3) is 0 Å². The van der Waals surface area contributed by atoms with Crippen LogP contribution in [0.1, 0.15) is 29.2 Å². The molecule has 3 rings (SSSR count). The largest absolute Gasteiger partial charge is 0.497 e. The van der Waals surface area contributed by atoms with Gasteiger partial charge in [-0.25, -0.2) is 4.39 Å². The summed E-state index contributed by atoms with van der Waals surface area (Å²) in [4.78, 5) is 2.04. The first kappa shape index (κ1) is 16.4. The average Bonchev–Trinajstić information content (AvgIpc) is 2.97. The Morgan fingerprint density at radius 2 is 2.17 bits per heavy atom. The van der Waals surface area contributed by atoms with Gasteiger partial charge in [0.2, 0.25) is 0 Å². The second-order valence-electron chi connectivity index (χ2n) is 6.03. The van der Waals surface area contributed by atoms with Gasteiger partial charge in [0, 0.05) is 24.7 Å². The lowest BCUT2D eigenvalue weighted by molar-refractivity contribution is 0.172. The summed E-state index contributed by atoms with van der Waals surface area (Å²) in [5.74, 6) is 0.422. The molecule has 2 atom stereocenters. The van der Waals surface area contributed by atoms with E-state index in [1.165, 1.54) is 12.1 Å². The summed E-state index contributed by atoms with van der Waals surface area (Å²) in [6, 6.07) is 14.1. The highest BCUT2D eigenvalue weighted by Gasteiger charge is 2.32. The van der Waals surface area contributed by atoms with E-state index >= 15 is 0 Å². The molecule has 4 nitrogen and oxygen atoms in total. The number of nitrogens with zero attached hydrogens (tertiary/aromatic N) is 2.